The highest BCUT2D eigenvalue weighted by atomic mass is 35.5. The van der Waals surface area contributed by atoms with Gasteiger partial charge >= 0.3 is 0 Å². The van der Waals surface area contributed by atoms with Gasteiger partial charge in [0.2, 0.25) is 5.91 Å². The van der Waals surface area contributed by atoms with E-state index < -0.39 is 0 Å². The average molecular weight is 441 g/mol. The molecule has 3 aromatic carbocycles. The summed E-state index contributed by atoms with van der Waals surface area (Å²) in [5, 5.41) is 5.74. The van der Waals surface area contributed by atoms with Crippen LogP contribution in [0, 0.1) is 5.82 Å². The van der Waals surface area contributed by atoms with Gasteiger partial charge in [0.1, 0.15) is 11.6 Å². The van der Waals surface area contributed by atoms with Gasteiger partial charge in [-0.2, -0.15) is 0 Å². The fraction of sp³-hybridized carbons (Fsp3) is 0.167. The van der Waals surface area contributed by atoms with Crippen LogP contribution in [0.4, 0.5) is 4.39 Å². The summed E-state index contributed by atoms with van der Waals surface area (Å²) in [6.07, 6.45) is 0.0757. The lowest BCUT2D eigenvalue weighted by Crippen LogP contribution is -2.37. The van der Waals surface area contributed by atoms with Gasteiger partial charge in [-0.3, -0.25) is 9.59 Å². The molecule has 7 heteroatoms. The van der Waals surface area contributed by atoms with E-state index in [1.165, 1.54) is 12.1 Å². The predicted octanol–water partition coefficient (Wildman–Crippen LogP) is 4.00. The van der Waals surface area contributed by atoms with Gasteiger partial charge < -0.3 is 15.4 Å². The monoisotopic (exact) mass is 440 g/mol. The molecule has 0 heterocycles. The zero-order valence-corrected chi connectivity index (χ0v) is 17.5. The van der Waals surface area contributed by atoms with Crippen LogP contribution >= 0.6 is 11.6 Å². The van der Waals surface area contributed by atoms with Crippen molar-refractivity contribution in [2.24, 2.45) is 0 Å². The number of rotatable bonds is 9. The van der Waals surface area contributed by atoms with E-state index in [0.717, 1.165) is 11.1 Å². The van der Waals surface area contributed by atoms with Gasteiger partial charge in [-0.05, 0) is 41.0 Å². The largest absolute Gasteiger partial charge is 0.482 e. The highest BCUT2D eigenvalue weighted by molar-refractivity contribution is 6.32. The molecule has 0 saturated heterocycles. The van der Waals surface area contributed by atoms with Crippen molar-refractivity contribution < 1.29 is 18.7 Å². The van der Waals surface area contributed by atoms with E-state index in [9.17, 15) is 14.0 Å². The highest BCUT2D eigenvalue weighted by Crippen LogP contribution is 2.30. The second-order valence-corrected chi connectivity index (χ2v) is 7.21. The maximum absolute atomic E-state index is 13.1. The normalized spacial score (nSPS) is 10.4. The molecule has 0 atom stereocenters. The summed E-state index contributed by atoms with van der Waals surface area (Å²) in [5.41, 5.74) is 2.58. The lowest BCUT2D eigenvalue weighted by atomic mass is 10.1. The Bertz CT molecular complexity index is 1040. The van der Waals surface area contributed by atoms with Crippen LogP contribution < -0.4 is 15.4 Å². The minimum absolute atomic E-state index is 0.0757. The Balaban J connectivity index is 1.37. The molecule has 0 aliphatic heterocycles. The van der Waals surface area contributed by atoms with Crippen molar-refractivity contribution in [2.45, 2.75) is 6.42 Å². The minimum Gasteiger partial charge on any atom is -0.482 e. The smallest absolute Gasteiger partial charge is 0.258 e. The first-order chi connectivity index (χ1) is 15.0. The molecular weight excluding hydrogens is 419 g/mol. The maximum Gasteiger partial charge on any atom is 0.258 e. The Morgan fingerprint density at radius 1 is 0.839 bits per heavy atom. The lowest BCUT2D eigenvalue weighted by Gasteiger charge is -2.11. The third kappa shape index (κ3) is 7.12. The number of carbonyl (C=O) groups is 2. The molecule has 5 nitrogen and oxygen atoms in total. The number of hydrogen-bond acceptors (Lipinski definition) is 3. The number of hydrogen-bond donors (Lipinski definition) is 2. The Kier molecular flexibility index (Phi) is 8.01. The van der Waals surface area contributed by atoms with Crippen molar-refractivity contribution in [3.8, 4) is 16.9 Å². The molecule has 0 bridgehead atoms. The zero-order chi connectivity index (χ0) is 22.1. The van der Waals surface area contributed by atoms with Crippen molar-refractivity contribution in [2.75, 3.05) is 19.7 Å². The predicted molar refractivity (Wildman–Crippen MR) is 119 cm³/mol. The van der Waals surface area contributed by atoms with E-state index in [2.05, 4.69) is 10.6 Å². The summed E-state index contributed by atoms with van der Waals surface area (Å²) in [7, 11) is 0. The Morgan fingerprint density at radius 2 is 1.58 bits per heavy atom. The first-order valence-electron chi connectivity index (χ1n) is 9.77. The molecule has 0 radical (unpaired) electrons. The van der Waals surface area contributed by atoms with E-state index in [4.69, 9.17) is 16.3 Å². The Hall–Kier alpha value is -3.38. The van der Waals surface area contributed by atoms with Crippen LogP contribution in [0.5, 0.6) is 5.75 Å². The molecule has 0 unspecified atom stereocenters. The Labute approximate surface area is 185 Å². The summed E-state index contributed by atoms with van der Waals surface area (Å²) < 4.78 is 18.6. The molecule has 3 rings (SSSR count). The summed E-state index contributed by atoms with van der Waals surface area (Å²) in [5.74, 6) is -0.545. The molecule has 0 aromatic heterocycles. The van der Waals surface area contributed by atoms with Crippen LogP contribution in [0.25, 0.3) is 11.1 Å². The number of benzene rings is 3. The number of ether oxygens (including phenoxy) is 1. The van der Waals surface area contributed by atoms with Crippen molar-refractivity contribution in [1.82, 2.24) is 10.6 Å². The molecule has 3 aromatic rings. The van der Waals surface area contributed by atoms with Gasteiger partial charge in [-0.25, -0.2) is 4.39 Å². The third-order valence-electron chi connectivity index (χ3n) is 4.42. The van der Waals surface area contributed by atoms with Gasteiger partial charge in [0.05, 0.1) is 11.4 Å². The number of nitrogens with one attached hydrogen (secondary N) is 2. The summed E-state index contributed by atoms with van der Waals surface area (Å²) in [6.45, 7) is 0.311. The Morgan fingerprint density at radius 3 is 2.29 bits per heavy atom. The molecule has 0 saturated carbocycles. The van der Waals surface area contributed by atoms with Crippen molar-refractivity contribution in [1.29, 1.82) is 0 Å². The average Bonchev–Trinajstić information content (AvgIpc) is 2.76. The SMILES string of the molecule is O=C(COc1ccc(-c2ccccc2)cc1Cl)NCCNC(=O)Cc1cccc(F)c1. The van der Waals surface area contributed by atoms with E-state index in [-0.39, 0.29) is 43.7 Å². The van der Waals surface area contributed by atoms with Crippen LogP contribution in [0.15, 0.2) is 72.8 Å². The van der Waals surface area contributed by atoms with Gasteiger partial charge in [0.25, 0.3) is 5.91 Å². The fourth-order valence-corrected chi connectivity index (χ4v) is 3.16. The second-order valence-electron chi connectivity index (χ2n) is 6.81. The molecule has 31 heavy (non-hydrogen) atoms. The van der Waals surface area contributed by atoms with Crippen LogP contribution in [-0.4, -0.2) is 31.5 Å². The van der Waals surface area contributed by atoms with E-state index in [1.807, 2.05) is 36.4 Å². The molecular formula is C24H22ClFN2O3. The molecule has 2 amide bonds. The van der Waals surface area contributed by atoms with Crippen molar-refractivity contribution in [3.63, 3.8) is 0 Å². The van der Waals surface area contributed by atoms with E-state index >= 15 is 0 Å². The van der Waals surface area contributed by atoms with Gasteiger partial charge in [-0.1, -0.05) is 60.1 Å². The van der Waals surface area contributed by atoms with Crippen molar-refractivity contribution in [3.05, 3.63) is 89.2 Å². The molecule has 0 spiro atoms. The number of amides is 2. The summed E-state index contributed by atoms with van der Waals surface area (Å²) >= 11 is 6.27. The number of carbonyl (C=O) groups excluding carboxylic acids is 2. The molecule has 0 aliphatic carbocycles. The summed E-state index contributed by atoms with van der Waals surface area (Å²) in [6, 6.07) is 21.1. The van der Waals surface area contributed by atoms with E-state index in [1.54, 1.807) is 24.3 Å². The highest BCUT2D eigenvalue weighted by Gasteiger charge is 2.08. The molecule has 160 valence electrons. The van der Waals surface area contributed by atoms with Gasteiger partial charge in [0, 0.05) is 13.1 Å². The topological polar surface area (TPSA) is 67.4 Å². The number of halogens is 2. The second kappa shape index (κ2) is 11.1. The third-order valence-corrected chi connectivity index (χ3v) is 4.72. The quantitative estimate of drug-likeness (QED) is 0.494. The summed E-state index contributed by atoms with van der Waals surface area (Å²) in [4.78, 5) is 23.8. The molecule has 0 aliphatic rings. The standard InChI is InChI=1S/C24H22ClFN2O3/c25-21-15-19(18-6-2-1-3-7-18)9-10-22(21)31-16-24(30)28-12-11-27-23(29)14-17-5-4-8-20(26)13-17/h1-10,13,15H,11-12,14,16H2,(H,27,29)(H,28,30). The van der Waals surface area contributed by atoms with Crippen LogP contribution in [-0.2, 0) is 16.0 Å². The first-order valence-corrected chi connectivity index (χ1v) is 10.1. The fourth-order valence-electron chi connectivity index (χ4n) is 2.92. The zero-order valence-electron chi connectivity index (χ0n) is 16.7. The van der Waals surface area contributed by atoms with Crippen molar-refractivity contribution >= 4 is 23.4 Å². The van der Waals surface area contributed by atoms with Crippen LogP contribution in [0.2, 0.25) is 5.02 Å². The minimum atomic E-state index is -0.382. The molecule has 0 fully saturated rings. The van der Waals surface area contributed by atoms with Crippen LogP contribution in [0.1, 0.15) is 5.56 Å². The van der Waals surface area contributed by atoms with Gasteiger partial charge in [0.15, 0.2) is 6.61 Å². The lowest BCUT2D eigenvalue weighted by molar-refractivity contribution is -0.124. The van der Waals surface area contributed by atoms with Crippen LogP contribution in [0.3, 0.4) is 0 Å². The molecule has 2 N–H and O–H groups in total. The first kappa shape index (κ1) is 22.3. The maximum atomic E-state index is 13.1. The van der Waals surface area contributed by atoms with Gasteiger partial charge in [-0.15, -0.1) is 0 Å². The van der Waals surface area contributed by atoms with E-state index in [0.29, 0.717) is 16.3 Å².